The summed E-state index contributed by atoms with van der Waals surface area (Å²) in [7, 11) is 3.05. The maximum atomic E-state index is 12.1. The van der Waals surface area contributed by atoms with Gasteiger partial charge in [0.15, 0.2) is 6.61 Å². The van der Waals surface area contributed by atoms with Gasteiger partial charge in [0.1, 0.15) is 11.5 Å². The van der Waals surface area contributed by atoms with Crippen LogP contribution in [0, 0.1) is 13.8 Å². The highest BCUT2D eigenvalue weighted by atomic mass is 16.5. The SMILES string of the molecule is COc1cc(C(=O)OCC(=O)Nc2cc(C)ccc2OC)ccc1C. The summed E-state index contributed by atoms with van der Waals surface area (Å²) in [5.41, 5.74) is 2.73. The van der Waals surface area contributed by atoms with E-state index in [0.717, 1.165) is 11.1 Å². The average Bonchev–Trinajstić information content (AvgIpc) is 2.60. The number of esters is 1. The van der Waals surface area contributed by atoms with E-state index < -0.39 is 18.5 Å². The molecule has 6 heteroatoms. The molecular formula is C19H21NO5. The normalized spacial score (nSPS) is 10.1. The van der Waals surface area contributed by atoms with Crippen LogP contribution in [0.4, 0.5) is 5.69 Å². The molecule has 0 fully saturated rings. The second kappa shape index (κ2) is 8.19. The van der Waals surface area contributed by atoms with Gasteiger partial charge in [-0.15, -0.1) is 0 Å². The fourth-order valence-electron chi connectivity index (χ4n) is 2.27. The fourth-order valence-corrected chi connectivity index (χ4v) is 2.27. The van der Waals surface area contributed by atoms with E-state index in [2.05, 4.69) is 5.32 Å². The molecule has 0 bridgehead atoms. The molecule has 0 aliphatic rings. The Bertz CT molecular complexity index is 785. The van der Waals surface area contributed by atoms with E-state index in [4.69, 9.17) is 14.2 Å². The van der Waals surface area contributed by atoms with E-state index in [1.165, 1.54) is 14.2 Å². The predicted octanol–water partition coefficient (Wildman–Crippen LogP) is 3.12. The van der Waals surface area contributed by atoms with Crippen molar-refractivity contribution in [2.75, 3.05) is 26.1 Å². The molecule has 1 amide bonds. The Labute approximate surface area is 146 Å². The molecular weight excluding hydrogens is 322 g/mol. The predicted molar refractivity (Wildman–Crippen MR) is 94.4 cm³/mol. The monoisotopic (exact) mass is 343 g/mol. The van der Waals surface area contributed by atoms with E-state index in [0.29, 0.717) is 22.7 Å². The van der Waals surface area contributed by atoms with Crippen LogP contribution in [0.2, 0.25) is 0 Å². The first-order valence-electron chi connectivity index (χ1n) is 7.71. The number of carbonyl (C=O) groups excluding carboxylic acids is 2. The zero-order valence-electron chi connectivity index (χ0n) is 14.7. The van der Waals surface area contributed by atoms with Crippen molar-refractivity contribution in [3.63, 3.8) is 0 Å². The van der Waals surface area contributed by atoms with Crippen molar-refractivity contribution in [1.82, 2.24) is 0 Å². The molecule has 1 N–H and O–H groups in total. The summed E-state index contributed by atoms with van der Waals surface area (Å²) in [6, 6.07) is 10.4. The molecule has 0 saturated carbocycles. The van der Waals surface area contributed by atoms with Crippen LogP contribution in [-0.2, 0) is 9.53 Å². The van der Waals surface area contributed by atoms with E-state index in [1.807, 2.05) is 19.9 Å². The van der Waals surface area contributed by atoms with Crippen LogP contribution in [0.25, 0.3) is 0 Å². The molecule has 0 heterocycles. The lowest BCUT2D eigenvalue weighted by Gasteiger charge is -2.11. The molecule has 0 unspecified atom stereocenters. The van der Waals surface area contributed by atoms with Gasteiger partial charge in [0.25, 0.3) is 5.91 Å². The molecule has 25 heavy (non-hydrogen) atoms. The molecule has 132 valence electrons. The number of nitrogens with one attached hydrogen (secondary N) is 1. The molecule has 0 atom stereocenters. The first-order chi connectivity index (χ1) is 11.9. The van der Waals surface area contributed by atoms with Crippen LogP contribution in [0.15, 0.2) is 36.4 Å². The van der Waals surface area contributed by atoms with Crippen LogP contribution in [0.3, 0.4) is 0 Å². The molecule has 6 nitrogen and oxygen atoms in total. The molecule has 2 rings (SSSR count). The summed E-state index contributed by atoms with van der Waals surface area (Å²) >= 11 is 0. The number of hydrogen-bond donors (Lipinski definition) is 1. The number of amides is 1. The number of rotatable bonds is 6. The van der Waals surface area contributed by atoms with Gasteiger partial charge < -0.3 is 19.5 Å². The summed E-state index contributed by atoms with van der Waals surface area (Å²) in [6.07, 6.45) is 0. The van der Waals surface area contributed by atoms with Gasteiger partial charge in [0, 0.05) is 0 Å². The maximum absolute atomic E-state index is 12.1. The van der Waals surface area contributed by atoms with Crippen LogP contribution in [0.1, 0.15) is 21.5 Å². The maximum Gasteiger partial charge on any atom is 0.338 e. The largest absolute Gasteiger partial charge is 0.496 e. The fraction of sp³-hybridized carbons (Fsp3) is 0.263. The van der Waals surface area contributed by atoms with Crippen molar-refractivity contribution in [1.29, 1.82) is 0 Å². The summed E-state index contributed by atoms with van der Waals surface area (Å²) in [4.78, 5) is 24.1. The number of carbonyl (C=O) groups is 2. The van der Waals surface area contributed by atoms with Crippen molar-refractivity contribution in [2.24, 2.45) is 0 Å². The van der Waals surface area contributed by atoms with Crippen molar-refractivity contribution in [3.05, 3.63) is 53.1 Å². The molecule has 0 spiro atoms. The Hall–Kier alpha value is -3.02. The van der Waals surface area contributed by atoms with Gasteiger partial charge in [-0.1, -0.05) is 12.1 Å². The number of benzene rings is 2. The van der Waals surface area contributed by atoms with Gasteiger partial charge in [-0.2, -0.15) is 0 Å². The third kappa shape index (κ3) is 4.73. The van der Waals surface area contributed by atoms with Crippen LogP contribution < -0.4 is 14.8 Å². The lowest BCUT2D eigenvalue weighted by atomic mass is 10.1. The van der Waals surface area contributed by atoms with Crippen LogP contribution >= 0.6 is 0 Å². The van der Waals surface area contributed by atoms with E-state index in [9.17, 15) is 9.59 Å². The highest BCUT2D eigenvalue weighted by Gasteiger charge is 2.13. The van der Waals surface area contributed by atoms with Gasteiger partial charge in [-0.25, -0.2) is 4.79 Å². The first-order valence-corrected chi connectivity index (χ1v) is 7.71. The van der Waals surface area contributed by atoms with E-state index in [1.54, 1.807) is 30.3 Å². The Balaban J connectivity index is 1.98. The minimum atomic E-state index is -0.593. The second-order valence-electron chi connectivity index (χ2n) is 5.51. The summed E-state index contributed by atoms with van der Waals surface area (Å²) in [5.74, 6) is 0.0814. The highest BCUT2D eigenvalue weighted by Crippen LogP contribution is 2.25. The third-order valence-corrected chi connectivity index (χ3v) is 3.61. The lowest BCUT2D eigenvalue weighted by molar-refractivity contribution is -0.119. The smallest absolute Gasteiger partial charge is 0.338 e. The van der Waals surface area contributed by atoms with Gasteiger partial charge in [0.2, 0.25) is 0 Å². The van der Waals surface area contributed by atoms with Gasteiger partial charge >= 0.3 is 5.97 Å². The molecule has 2 aromatic rings. The summed E-state index contributed by atoms with van der Waals surface area (Å²) in [5, 5.41) is 2.67. The van der Waals surface area contributed by atoms with Crippen LogP contribution in [0.5, 0.6) is 11.5 Å². The average molecular weight is 343 g/mol. The molecule has 0 aromatic heterocycles. The van der Waals surface area contributed by atoms with Crippen molar-refractivity contribution >= 4 is 17.6 Å². The van der Waals surface area contributed by atoms with E-state index >= 15 is 0 Å². The first kappa shape index (κ1) is 18.3. The summed E-state index contributed by atoms with van der Waals surface area (Å²) in [6.45, 7) is 3.38. The molecule has 2 aromatic carbocycles. The number of anilines is 1. The topological polar surface area (TPSA) is 73.9 Å². The molecule has 0 aliphatic heterocycles. The number of methoxy groups -OCH3 is 2. The molecule has 0 aliphatic carbocycles. The molecule has 0 radical (unpaired) electrons. The third-order valence-electron chi connectivity index (χ3n) is 3.61. The van der Waals surface area contributed by atoms with Crippen molar-refractivity contribution < 1.29 is 23.8 Å². The Kier molecular flexibility index (Phi) is 6.00. The Morgan fingerprint density at radius 3 is 2.36 bits per heavy atom. The van der Waals surface area contributed by atoms with Crippen molar-refractivity contribution in [3.8, 4) is 11.5 Å². The Morgan fingerprint density at radius 1 is 0.960 bits per heavy atom. The minimum Gasteiger partial charge on any atom is -0.496 e. The standard InChI is InChI=1S/C19H21NO5/c1-12-5-8-16(23-3)15(9-12)20-18(21)11-25-19(22)14-7-6-13(2)17(10-14)24-4/h5-10H,11H2,1-4H3,(H,20,21). The quantitative estimate of drug-likeness (QED) is 0.816. The van der Waals surface area contributed by atoms with Gasteiger partial charge in [-0.3, -0.25) is 4.79 Å². The van der Waals surface area contributed by atoms with Crippen molar-refractivity contribution in [2.45, 2.75) is 13.8 Å². The summed E-state index contributed by atoms with van der Waals surface area (Å²) < 4.78 is 15.4. The highest BCUT2D eigenvalue weighted by molar-refractivity contribution is 5.96. The minimum absolute atomic E-state index is 0.323. The van der Waals surface area contributed by atoms with E-state index in [-0.39, 0.29) is 0 Å². The zero-order valence-corrected chi connectivity index (χ0v) is 14.7. The second-order valence-corrected chi connectivity index (χ2v) is 5.51. The Morgan fingerprint density at radius 2 is 1.68 bits per heavy atom. The zero-order chi connectivity index (χ0) is 18.4. The number of ether oxygens (including phenoxy) is 3. The number of hydrogen-bond acceptors (Lipinski definition) is 5. The number of aryl methyl sites for hydroxylation is 2. The van der Waals surface area contributed by atoms with Gasteiger partial charge in [0.05, 0.1) is 25.5 Å². The van der Waals surface area contributed by atoms with Crippen LogP contribution in [-0.4, -0.2) is 32.7 Å². The molecule has 0 saturated heterocycles. The van der Waals surface area contributed by atoms with Gasteiger partial charge in [-0.05, 0) is 49.2 Å². The lowest BCUT2D eigenvalue weighted by Crippen LogP contribution is -2.21.